The largest absolute Gasteiger partial charge is 0.496 e. The molecule has 5 rings (SSSR count). The van der Waals surface area contributed by atoms with E-state index in [2.05, 4.69) is 65.6 Å². The fraction of sp³-hybridized carbons (Fsp3) is 0.192. The molecule has 1 heterocycles. The molecule has 3 aromatic rings. The van der Waals surface area contributed by atoms with Gasteiger partial charge < -0.3 is 9.47 Å². The number of aromatic nitrogens is 1. The highest BCUT2D eigenvalue weighted by Gasteiger charge is 2.31. The lowest BCUT2D eigenvalue weighted by Crippen LogP contribution is -2.31. The van der Waals surface area contributed by atoms with Crippen LogP contribution in [0.3, 0.4) is 0 Å². The molecule has 2 aliphatic carbocycles. The molecule has 0 radical (unpaired) electrons. The smallest absolute Gasteiger partial charge is 0.217 e. The van der Waals surface area contributed by atoms with Gasteiger partial charge in [0.25, 0.3) is 0 Å². The average molecular weight is 380 g/mol. The van der Waals surface area contributed by atoms with Crippen molar-refractivity contribution in [2.75, 3.05) is 14.2 Å². The van der Waals surface area contributed by atoms with E-state index in [9.17, 15) is 0 Å². The van der Waals surface area contributed by atoms with Gasteiger partial charge >= 0.3 is 0 Å². The molecule has 2 unspecified atom stereocenters. The van der Waals surface area contributed by atoms with Crippen molar-refractivity contribution in [3.63, 3.8) is 0 Å². The van der Waals surface area contributed by atoms with Crippen molar-refractivity contribution < 1.29 is 14.0 Å². The third kappa shape index (κ3) is 2.57. The van der Waals surface area contributed by atoms with Gasteiger partial charge in [0.1, 0.15) is 18.5 Å². The number of hydrogen-bond acceptors (Lipinski definition) is 2. The van der Waals surface area contributed by atoms with E-state index in [0.29, 0.717) is 0 Å². The molecule has 0 amide bonds. The van der Waals surface area contributed by atoms with Crippen molar-refractivity contribution in [3.8, 4) is 11.5 Å². The fourth-order valence-corrected chi connectivity index (χ4v) is 4.57. The van der Waals surface area contributed by atoms with Crippen molar-refractivity contribution in [1.29, 1.82) is 0 Å². The standard InChI is InChI=1S/C26H22NO2/c1-27-20-13-7-15-22(28-2)25(20)24(26-21(27)14-8-16-23(26)29-3)19-12-6-10-17-9-4-5-11-18(17)19/h4-5,7-11,13-18H,1-3H3/q+1. The minimum atomic E-state index is 0.204. The van der Waals surface area contributed by atoms with Crippen LogP contribution in [0.25, 0.3) is 27.4 Å². The summed E-state index contributed by atoms with van der Waals surface area (Å²) in [6.45, 7) is 0. The SMILES string of the molecule is COc1cccc2c1c(C1=C=C=CC3C=CC=CC13)c1c(OC)cccc1[n+]2C. The van der Waals surface area contributed by atoms with Gasteiger partial charge in [0.2, 0.25) is 11.0 Å². The molecular formula is C26H22NO2+. The second-order valence-electron chi connectivity index (χ2n) is 7.37. The highest BCUT2D eigenvalue weighted by Crippen LogP contribution is 2.45. The van der Waals surface area contributed by atoms with E-state index >= 15 is 0 Å². The maximum absolute atomic E-state index is 5.82. The molecular weight excluding hydrogens is 358 g/mol. The van der Waals surface area contributed by atoms with Crippen molar-refractivity contribution in [3.05, 3.63) is 83.8 Å². The minimum absolute atomic E-state index is 0.204. The van der Waals surface area contributed by atoms with E-state index < -0.39 is 0 Å². The molecule has 3 heteroatoms. The van der Waals surface area contributed by atoms with Gasteiger partial charge in [0, 0.05) is 35.1 Å². The first-order valence-corrected chi connectivity index (χ1v) is 9.77. The van der Waals surface area contributed by atoms with Crippen LogP contribution >= 0.6 is 0 Å². The third-order valence-corrected chi connectivity index (χ3v) is 5.93. The number of rotatable bonds is 3. The second-order valence-corrected chi connectivity index (χ2v) is 7.37. The van der Waals surface area contributed by atoms with Crippen LogP contribution in [0.2, 0.25) is 0 Å². The topological polar surface area (TPSA) is 22.3 Å². The number of benzene rings is 2. The zero-order valence-electron chi connectivity index (χ0n) is 16.8. The zero-order chi connectivity index (χ0) is 20.0. The minimum Gasteiger partial charge on any atom is -0.496 e. The van der Waals surface area contributed by atoms with Crippen LogP contribution in [0.1, 0.15) is 5.56 Å². The first-order valence-electron chi connectivity index (χ1n) is 9.77. The van der Waals surface area contributed by atoms with Gasteiger partial charge in [-0.15, -0.1) is 0 Å². The molecule has 3 nitrogen and oxygen atoms in total. The number of methoxy groups -OCH3 is 2. The van der Waals surface area contributed by atoms with E-state index in [-0.39, 0.29) is 11.8 Å². The quantitative estimate of drug-likeness (QED) is 0.366. The molecule has 1 aromatic heterocycles. The summed E-state index contributed by atoms with van der Waals surface area (Å²) in [7, 11) is 5.54. The zero-order valence-corrected chi connectivity index (χ0v) is 16.8. The van der Waals surface area contributed by atoms with Crippen LogP contribution < -0.4 is 14.0 Å². The first kappa shape index (κ1) is 17.6. The van der Waals surface area contributed by atoms with Crippen LogP contribution in [0.15, 0.2) is 78.2 Å². The number of aryl methyl sites for hydroxylation is 1. The number of ether oxygens (including phenoxy) is 2. The van der Waals surface area contributed by atoms with E-state index in [4.69, 9.17) is 9.47 Å². The van der Waals surface area contributed by atoms with Crippen molar-refractivity contribution in [2.45, 2.75) is 0 Å². The number of hydrogen-bond donors (Lipinski definition) is 0. The maximum atomic E-state index is 5.82. The van der Waals surface area contributed by atoms with E-state index in [1.807, 2.05) is 24.3 Å². The number of nitrogens with zero attached hydrogens (tertiary/aromatic N) is 1. The second kappa shape index (κ2) is 6.83. The van der Waals surface area contributed by atoms with Gasteiger partial charge in [-0.2, -0.15) is 4.57 Å². The highest BCUT2D eigenvalue weighted by atomic mass is 16.5. The highest BCUT2D eigenvalue weighted by molar-refractivity contribution is 6.08. The van der Waals surface area contributed by atoms with E-state index in [1.165, 1.54) is 0 Å². The van der Waals surface area contributed by atoms with E-state index in [0.717, 1.165) is 44.4 Å². The lowest BCUT2D eigenvalue weighted by atomic mass is 9.77. The Hall–Kier alpha value is -3.51. The number of allylic oxidation sites excluding steroid dienone is 6. The summed E-state index contributed by atoms with van der Waals surface area (Å²) in [6.07, 6.45) is 10.8. The van der Waals surface area contributed by atoms with Gasteiger partial charge in [-0.1, -0.05) is 47.9 Å². The molecule has 0 aliphatic heterocycles. The van der Waals surface area contributed by atoms with Gasteiger partial charge in [-0.05, 0) is 18.2 Å². The molecule has 0 bridgehead atoms. The van der Waals surface area contributed by atoms with Crippen molar-refractivity contribution >= 4 is 27.4 Å². The molecule has 0 saturated carbocycles. The Labute approximate surface area is 170 Å². The Morgan fingerprint density at radius 2 is 1.48 bits per heavy atom. The predicted molar refractivity (Wildman–Crippen MR) is 116 cm³/mol. The van der Waals surface area contributed by atoms with Crippen LogP contribution in [-0.2, 0) is 7.05 Å². The van der Waals surface area contributed by atoms with Crippen LogP contribution in [0.5, 0.6) is 11.5 Å². The van der Waals surface area contributed by atoms with Crippen molar-refractivity contribution in [2.24, 2.45) is 18.9 Å². The molecule has 2 aromatic carbocycles. The summed E-state index contributed by atoms with van der Waals surface area (Å²) < 4.78 is 13.8. The van der Waals surface area contributed by atoms with Gasteiger partial charge in [-0.3, -0.25) is 0 Å². The Balaban J connectivity index is 2.02. The summed E-state index contributed by atoms with van der Waals surface area (Å²) in [5.41, 5.74) is 11.2. The predicted octanol–water partition coefficient (Wildman–Crippen LogP) is 4.90. The summed E-state index contributed by atoms with van der Waals surface area (Å²) in [5.74, 6) is 2.17. The van der Waals surface area contributed by atoms with Gasteiger partial charge in [0.05, 0.1) is 25.0 Å². The molecule has 0 fully saturated rings. The monoisotopic (exact) mass is 380 g/mol. The Kier molecular flexibility index (Phi) is 4.14. The lowest BCUT2D eigenvalue weighted by molar-refractivity contribution is -0.617. The van der Waals surface area contributed by atoms with Crippen LogP contribution in [0, 0.1) is 11.8 Å². The van der Waals surface area contributed by atoms with Gasteiger partial charge in [0.15, 0.2) is 0 Å². The van der Waals surface area contributed by atoms with Crippen LogP contribution in [0.4, 0.5) is 0 Å². The molecule has 29 heavy (non-hydrogen) atoms. The van der Waals surface area contributed by atoms with E-state index in [1.54, 1.807) is 14.2 Å². The maximum Gasteiger partial charge on any atom is 0.217 e. The summed E-state index contributed by atoms with van der Waals surface area (Å²) in [4.78, 5) is 0. The summed E-state index contributed by atoms with van der Waals surface area (Å²) >= 11 is 0. The Morgan fingerprint density at radius 3 is 2.10 bits per heavy atom. The normalized spacial score (nSPS) is 19.5. The Bertz CT molecular complexity index is 1250. The van der Waals surface area contributed by atoms with Crippen molar-refractivity contribution in [1.82, 2.24) is 0 Å². The number of pyridine rings is 1. The molecule has 0 N–H and O–H groups in total. The Morgan fingerprint density at radius 1 is 0.862 bits per heavy atom. The summed E-state index contributed by atoms with van der Waals surface area (Å²) in [5, 5.41) is 2.14. The van der Waals surface area contributed by atoms with Gasteiger partial charge in [-0.25, -0.2) is 0 Å². The number of fused-ring (bicyclic) bond motifs is 3. The molecule has 0 spiro atoms. The summed E-state index contributed by atoms with van der Waals surface area (Å²) in [6, 6.07) is 12.4. The first-order chi connectivity index (χ1) is 14.2. The third-order valence-electron chi connectivity index (χ3n) is 5.93. The average Bonchev–Trinajstić information content (AvgIpc) is 2.78. The molecule has 142 valence electrons. The molecule has 0 saturated heterocycles. The molecule has 2 atom stereocenters. The molecule has 2 aliphatic rings. The lowest BCUT2D eigenvalue weighted by Gasteiger charge is -2.26. The van der Waals surface area contributed by atoms with Crippen LogP contribution in [-0.4, -0.2) is 14.2 Å². The fourth-order valence-electron chi connectivity index (χ4n) is 4.57.